The Labute approximate surface area is 248 Å². The van der Waals surface area contributed by atoms with Crippen molar-refractivity contribution < 1.29 is 24.1 Å². The van der Waals surface area contributed by atoms with Gasteiger partial charge in [-0.1, -0.05) is 76.6 Å². The van der Waals surface area contributed by atoms with Gasteiger partial charge in [0.1, 0.15) is 5.75 Å². The van der Waals surface area contributed by atoms with Gasteiger partial charge < -0.3 is 19.3 Å². The number of nitrogens with zero attached hydrogens (tertiary/aromatic N) is 2. The number of benzene rings is 3. The van der Waals surface area contributed by atoms with E-state index in [0.717, 1.165) is 21.2 Å². The molecule has 9 heteroatoms. The molecule has 1 amide bonds. The number of nitrogens with one attached hydrogen (secondary N) is 1. The van der Waals surface area contributed by atoms with Crippen molar-refractivity contribution in [1.29, 1.82) is 0 Å². The largest absolute Gasteiger partial charge is 0.494 e. The lowest BCUT2D eigenvalue weighted by Crippen LogP contribution is -2.56. The summed E-state index contributed by atoms with van der Waals surface area (Å²) in [4.78, 5) is 19.3. The molecule has 0 bridgehead atoms. The molecule has 1 saturated heterocycles. The molecule has 2 N–H and O–H groups in total. The molecule has 1 fully saturated rings. The third kappa shape index (κ3) is 7.05. The molecule has 2 aliphatic rings. The summed E-state index contributed by atoms with van der Waals surface area (Å²) >= 11 is 3.68. The van der Waals surface area contributed by atoms with E-state index < -0.39 is 11.6 Å². The highest BCUT2D eigenvalue weighted by molar-refractivity contribution is 9.10. The summed E-state index contributed by atoms with van der Waals surface area (Å²) < 4.78 is 18.6. The molecule has 0 unspecified atom stereocenters. The Bertz CT molecular complexity index is 1360. The predicted molar refractivity (Wildman–Crippen MR) is 162 cm³/mol. The fourth-order valence-electron chi connectivity index (χ4n) is 4.83. The first-order valence-electron chi connectivity index (χ1n) is 13.8. The lowest BCUT2D eigenvalue weighted by molar-refractivity contribution is -0.136. The number of aliphatic hydroxyl groups excluding tert-OH is 1. The monoisotopic (exact) mass is 619 g/mol. The molecule has 0 aromatic heterocycles. The van der Waals surface area contributed by atoms with Crippen LogP contribution in [0.3, 0.4) is 0 Å². The van der Waals surface area contributed by atoms with Crippen molar-refractivity contribution in [3.63, 3.8) is 0 Å². The Hall–Kier alpha value is -3.50. The number of hydrogen-bond donors (Lipinski definition) is 2. The molecule has 5 rings (SSSR count). The minimum Gasteiger partial charge on any atom is -0.494 e. The second-order valence-corrected chi connectivity index (χ2v) is 10.7. The summed E-state index contributed by atoms with van der Waals surface area (Å²) in [5.41, 5.74) is 4.45. The van der Waals surface area contributed by atoms with Crippen LogP contribution in [0.25, 0.3) is 6.08 Å². The van der Waals surface area contributed by atoms with Crippen LogP contribution in [-0.2, 0) is 14.3 Å². The number of carbonyl (C=O) groups excluding carboxylic acids is 1. The van der Waals surface area contributed by atoms with Crippen molar-refractivity contribution in [2.75, 3.05) is 39.5 Å². The van der Waals surface area contributed by atoms with Gasteiger partial charge >= 0.3 is 0 Å². The van der Waals surface area contributed by atoms with E-state index in [0.29, 0.717) is 57.4 Å². The fraction of sp³-hybridized carbons (Fsp3) is 0.312. The van der Waals surface area contributed by atoms with E-state index >= 15 is 0 Å². The van der Waals surface area contributed by atoms with Gasteiger partial charge in [-0.15, -0.1) is 0 Å². The number of ether oxygens (including phenoxy) is 3. The predicted octanol–water partition coefficient (Wildman–Crippen LogP) is 4.93. The van der Waals surface area contributed by atoms with Crippen molar-refractivity contribution in [2.24, 2.45) is 4.99 Å². The van der Waals surface area contributed by atoms with E-state index in [1.54, 1.807) is 0 Å². The van der Waals surface area contributed by atoms with Crippen LogP contribution in [0, 0.1) is 0 Å². The maximum atomic E-state index is 14.3. The molecule has 3 aromatic rings. The van der Waals surface area contributed by atoms with Crippen molar-refractivity contribution in [2.45, 2.75) is 24.5 Å². The van der Waals surface area contributed by atoms with Crippen LogP contribution in [0.4, 0.5) is 0 Å². The van der Waals surface area contributed by atoms with Crippen LogP contribution in [0.5, 0.6) is 5.75 Å². The zero-order valence-corrected chi connectivity index (χ0v) is 24.3. The number of rotatable bonds is 11. The Morgan fingerprint density at radius 3 is 2.54 bits per heavy atom. The quantitative estimate of drug-likeness (QED) is 0.296. The molecule has 0 spiro atoms. The molecule has 0 radical (unpaired) electrons. The van der Waals surface area contributed by atoms with E-state index in [4.69, 9.17) is 24.3 Å². The highest BCUT2D eigenvalue weighted by atomic mass is 79.9. The summed E-state index contributed by atoms with van der Waals surface area (Å²) in [5.74, 6) is 0.833. The van der Waals surface area contributed by atoms with Gasteiger partial charge in [-0.2, -0.15) is 0 Å². The number of morpholine rings is 1. The Kier molecular flexibility index (Phi) is 9.84. The molecule has 0 aliphatic carbocycles. The van der Waals surface area contributed by atoms with E-state index in [1.165, 1.54) is 0 Å². The molecule has 41 heavy (non-hydrogen) atoms. The third-order valence-corrected chi connectivity index (χ3v) is 7.75. The minimum absolute atomic E-state index is 0.0759. The third-order valence-electron chi connectivity index (χ3n) is 7.03. The SMILES string of the molecule is O=C(NN1CCOCC1)[C@@]1(C/C=C/c2ccccc2)N=C(c2ccc(OCCCO)cc2)O[C@H]1c1ccccc1Br. The average molecular weight is 621 g/mol. The number of hydrogen-bond acceptors (Lipinski definition) is 7. The maximum absolute atomic E-state index is 14.3. The highest BCUT2D eigenvalue weighted by Gasteiger charge is 2.53. The first kappa shape index (κ1) is 29.0. The zero-order valence-electron chi connectivity index (χ0n) is 22.7. The first-order valence-corrected chi connectivity index (χ1v) is 14.6. The molecule has 214 valence electrons. The number of halogens is 1. The van der Waals surface area contributed by atoms with Crippen LogP contribution in [0.2, 0.25) is 0 Å². The van der Waals surface area contributed by atoms with Crippen molar-refractivity contribution in [3.8, 4) is 5.75 Å². The van der Waals surface area contributed by atoms with Crippen molar-refractivity contribution in [3.05, 3.63) is 106 Å². The number of carbonyl (C=O) groups is 1. The molecule has 8 nitrogen and oxygen atoms in total. The Balaban J connectivity index is 1.53. The molecule has 2 atom stereocenters. The summed E-state index contributed by atoms with van der Waals surface area (Å²) in [7, 11) is 0. The Morgan fingerprint density at radius 1 is 1.07 bits per heavy atom. The van der Waals surface area contributed by atoms with E-state index in [1.807, 2.05) is 96.0 Å². The van der Waals surface area contributed by atoms with E-state index in [2.05, 4.69) is 21.4 Å². The molecular weight excluding hydrogens is 586 g/mol. The van der Waals surface area contributed by atoms with E-state index in [-0.39, 0.29) is 12.5 Å². The molecule has 3 aromatic carbocycles. The number of aliphatic imine (C=N–C) groups is 1. The normalized spacial score (nSPS) is 20.9. The van der Waals surface area contributed by atoms with Crippen molar-refractivity contribution in [1.82, 2.24) is 10.4 Å². The second-order valence-electron chi connectivity index (χ2n) is 9.87. The molecular formula is C32H34BrN3O5. The van der Waals surface area contributed by atoms with Crippen LogP contribution < -0.4 is 10.2 Å². The Morgan fingerprint density at radius 2 is 1.80 bits per heavy atom. The number of amides is 1. The number of aliphatic hydroxyl groups is 1. The molecule has 0 saturated carbocycles. The van der Waals surface area contributed by atoms with Gasteiger partial charge in [-0.05, 0) is 35.9 Å². The van der Waals surface area contributed by atoms with E-state index in [9.17, 15) is 4.79 Å². The minimum atomic E-state index is -1.28. The topological polar surface area (TPSA) is 92.6 Å². The standard InChI is InChI=1S/C32H34BrN3O5/c33-28-12-5-4-11-27(28)29-32(17-6-10-24-8-2-1-3-9-24,31(38)35-36-18-22-39-23-19-36)34-30(41-29)25-13-15-26(16-14-25)40-21-7-20-37/h1-6,8-16,29,37H,7,17-23H2,(H,35,38)/b10-6+/t29-,32-/m0/s1. The summed E-state index contributed by atoms with van der Waals surface area (Å²) in [5, 5.41) is 10.9. The number of hydrazine groups is 1. The van der Waals surface area contributed by atoms with Crippen LogP contribution in [0.1, 0.15) is 35.6 Å². The van der Waals surface area contributed by atoms with Gasteiger partial charge in [0, 0.05) is 48.1 Å². The van der Waals surface area contributed by atoms with Crippen LogP contribution in [0.15, 0.2) is 94.4 Å². The molecule has 2 aliphatic heterocycles. The summed E-state index contributed by atoms with van der Waals surface area (Å²) in [6, 6.07) is 25.2. The van der Waals surface area contributed by atoms with Gasteiger partial charge in [0.05, 0.1) is 19.8 Å². The van der Waals surface area contributed by atoms with Crippen LogP contribution in [-0.4, -0.2) is 67.0 Å². The smallest absolute Gasteiger partial charge is 0.266 e. The molecule has 2 heterocycles. The van der Waals surface area contributed by atoms with Gasteiger partial charge in [0.2, 0.25) is 5.90 Å². The zero-order chi connectivity index (χ0) is 28.5. The summed E-state index contributed by atoms with van der Waals surface area (Å²) in [6.45, 7) is 2.79. The van der Waals surface area contributed by atoms with Gasteiger partial charge in [0.25, 0.3) is 5.91 Å². The summed E-state index contributed by atoms with van der Waals surface area (Å²) in [6.07, 6.45) is 4.19. The highest BCUT2D eigenvalue weighted by Crippen LogP contribution is 2.45. The van der Waals surface area contributed by atoms with Gasteiger partial charge in [-0.3, -0.25) is 10.2 Å². The fourth-order valence-corrected chi connectivity index (χ4v) is 5.33. The van der Waals surface area contributed by atoms with Gasteiger partial charge in [-0.25, -0.2) is 10.0 Å². The maximum Gasteiger partial charge on any atom is 0.266 e. The lowest BCUT2D eigenvalue weighted by atomic mass is 9.84. The average Bonchev–Trinajstić information content (AvgIpc) is 3.39. The van der Waals surface area contributed by atoms with Gasteiger partial charge in [0.15, 0.2) is 11.6 Å². The second kappa shape index (κ2) is 13.9. The lowest BCUT2D eigenvalue weighted by Gasteiger charge is -2.34. The van der Waals surface area contributed by atoms with Crippen molar-refractivity contribution >= 4 is 33.8 Å². The van der Waals surface area contributed by atoms with Crippen LogP contribution >= 0.6 is 15.9 Å². The first-order chi connectivity index (χ1) is 20.1.